The summed E-state index contributed by atoms with van der Waals surface area (Å²) in [6, 6.07) is 0. The van der Waals surface area contributed by atoms with Crippen molar-refractivity contribution in [2.45, 2.75) is 32.2 Å². The third-order valence-corrected chi connectivity index (χ3v) is 4.81. The number of carbonyl (C=O) groups excluding carboxylic acids is 1. The Hall–Kier alpha value is -0.110. The minimum Gasteiger partial charge on any atom is -0.381 e. The SMILES string of the molecule is CC1(C)COCCN1CCNC(=O)C1(CN)CCOCC1.Cl.Cl. The zero-order valence-electron chi connectivity index (χ0n) is 14.1. The van der Waals surface area contributed by atoms with E-state index in [1.165, 1.54) is 0 Å². The van der Waals surface area contributed by atoms with Crippen molar-refractivity contribution < 1.29 is 14.3 Å². The monoisotopic (exact) mass is 371 g/mol. The lowest BCUT2D eigenvalue weighted by Crippen LogP contribution is -2.56. The third kappa shape index (κ3) is 5.73. The normalized spacial score (nSPS) is 23.3. The molecule has 0 aromatic carbocycles. The Balaban J connectivity index is 0.00000242. The van der Waals surface area contributed by atoms with E-state index in [9.17, 15) is 4.79 Å². The van der Waals surface area contributed by atoms with Crippen LogP contribution < -0.4 is 11.1 Å². The molecule has 2 aliphatic heterocycles. The molecule has 2 rings (SSSR count). The Kier molecular flexibility index (Phi) is 9.96. The number of rotatable bonds is 5. The molecule has 6 nitrogen and oxygen atoms in total. The quantitative estimate of drug-likeness (QED) is 0.747. The highest BCUT2D eigenvalue weighted by Gasteiger charge is 2.38. The van der Waals surface area contributed by atoms with Crippen molar-refractivity contribution in [1.82, 2.24) is 10.2 Å². The van der Waals surface area contributed by atoms with Gasteiger partial charge in [0.1, 0.15) is 0 Å². The number of nitrogens with zero attached hydrogens (tertiary/aromatic N) is 1. The van der Waals surface area contributed by atoms with Crippen molar-refractivity contribution in [1.29, 1.82) is 0 Å². The van der Waals surface area contributed by atoms with E-state index in [4.69, 9.17) is 15.2 Å². The molecule has 0 aromatic rings. The van der Waals surface area contributed by atoms with Gasteiger partial charge >= 0.3 is 0 Å². The van der Waals surface area contributed by atoms with Gasteiger partial charge in [-0.3, -0.25) is 9.69 Å². The van der Waals surface area contributed by atoms with Crippen LogP contribution in [0.5, 0.6) is 0 Å². The number of halogens is 2. The highest BCUT2D eigenvalue weighted by molar-refractivity contribution is 5.85. The number of morpholine rings is 1. The average molecular weight is 372 g/mol. The molecule has 8 heteroatoms. The number of ether oxygens (including phenoxy) is 2. The van der Waals surface area contributed by atoms with E-state index < -0.39 is 5.41 Å². The van der Waals surface area contributed by atoms with Gasteiger partial charge in [-0.2, -0.15) is 0 Å². The molecule has 0 bridgehead atoms. The Morgan fingerprint density at radius 1 is 1.17 bits per heavy atom. The summed E-state index contributed by atoms with van der Waals surface area (Å²) in [4.78, 5) is 14.8. The van der Waals surface area contributed by atoms with E-state index in [-0.39, 0.29) is 36.3 Å². The van der Waals surface area contributed by atoms with Gasteiger partial charge in [0.15, 0.2) is 0 Å². The predicted molar refractivity (Wildman–Crippen MR) is 95.5 cm³/mol. The Labute approximate surface area is 151 Å². The first-order chi connectivity index (χ1) is 10.0. The van der Waals surface area contributed by atoms with Crippen LogP contribution in [0.1, 0.15) is 26.7 Å². The second kappa shape index (κ2) is 10.0. The molecule has 1 amide bonds. The molecule has 2 fully saturated rings. The molecular weight excluding hydrogens is 341 g/mol. The fourth-order valence-corrected chi connectivity index (χ4v) is 3.08. The van der Waals surface area contributed by atoms with Crippen LogP contribution in [0.4, 0.5) is 0 Å². The summed E-state index contributed by atoms with van der Waals surface area (Å²) in [5.41, 5.74) is 5.46. The van der Waals surface area contributed by atoms with E-state index in [1.54, 1.807) is 0 Å². The lowest BCUT2D eigenvalue weighted by atomic mass is 9.79. The van der Waals surface area contributed by atoms with Crippen molar-refractivity contribution in [2.75, 3.05) is 52.6 Å². The summed E-state index contributed by atoms with van der Waals surface area (Å²) in [5.74, 6) is 0.0827. The zero-order valence-corrected chi connectivity index (χ0v) is 15.8. The van der Waals surface area contributed by atoms with Gasteiger partial charge < -0.3 is 20.5 Å². The number of nitrogens with two attached hydrogens (primary N) is 1. The molecule has 0 aromatic heterocycles. The highest BCUT2D eigenvalue weighted by atomic mass is 35.5. The summed E-state index contributed by atoms with van der Waals surface area (Å²) in [5, 5.41) is 3.07. The minimum atomic E-state index is -0.432. The second-order valence-corrected chi connectivity index (χ2v) is 6.70. The summed E-state index contributed by atoms with van der Waals surface area (Å²) in [6.45, 7) is 9.92. The summed E-state index contributed by atoms with van der Waals surface area (Å²) in [6.07, 6.45) is 1.44. The first-order valence-corrected chi connectivity index (χ1v) is 7.89. The van der Waals surface area contributed by atoms with Crippen molar-refractivity contribution in [3.05, 3.63) is 0 Å². The van der Waals surface area contributed by atoms with Crippen LogP contribution in [-0.2, 0) is 14.3 Å². The maximum absolute atomic E-state index is 12.5. The highest BCUT2D eigenvalue weighted by Crippen LogP contribution is 2.29. The second-order valence-electron chi connectivity index (χ2n) is 6.70. The van der Waals surface area contributed by atoms with Crippen LogP contribution in [-0.4, -0.2) is 69.0 Å². The summed E-state index contributed by atoms with van der Waals surface area (Å²) < 4.78 is 10.9. The maximum Gasteiger partial charge on any atom is 0.227 e. The zero-order chi connectivity index (χ0) is 15.3. The van der Waals surface area contributed by atoms with Gasteiger partial charge in [-0.15, -0.1) is 24.8 Å². The molecule has 0 atom stereocenters. The molecule has 0 radical (unpaired) electrons. The Morgan fingerprint density at radius 3 is 2.39 bits per heavy atom. The van der Waals surface area contributed by atoms with Gasteiger partial charge in [-0.25, -0.2) is 0 Å². The average Bonchev–Trinajstić information content (AvgIpc) is 2.49. The molecule has 2 aliphatic rings. The smallest absolute Gasteiger partial charge is 0.227 e. The third-order valence-electron chi connectivity index (χ3n) is 4.81. The molecule has 0 aliphatic carbocycles. The maximum atomic E-state index is 12.5. The number of nitrogens with one attached hydrogen (secondary N) is 1. The minimum absolute atomic E-state index is 0. The molecule has 0 saturated carbocycles. The van der Waals surface area contributed by atoms with Crippen LogP contribution in [0.2, 0.25) is 0 Å². The van der Waals surface area contributed by atoms with Gasteiger partial charge in [0.25, 0.3) is 0 Å². The van der Waals surface area contributed by atoms with Gasteiger partial charge in [0.05, 0.1) is 18.6 Å². The standard InChI is InChI=1S/C15H29N3O3.2ClH/c1-14(2)12-21-10-7-18(14)6-5-17-13(19)15(11-16)3-8-20-9-4-15;;/h3-12,16H2,1-2H3,(H,17,19);2*1H. The van der Waals surface area contributed by atoms with Gasteiger partial charge in [0.2, 0.25) is 5.91 Å². The Morgan fingerprint density at radius 2 is 1.83 bits per heavy atom. The largest absolute Gasteiger partial charge is 0.381 e. The topological polar surface area (TPSA) is 76.8 Å². The van der Waals surface area contributed by atoms with Crippen molar-refractivity contribution in [3.63, 3.8) is 0 Å². The van der Waals surface area contributed by atoms with Crippen LogP contribution in [0, 0.1) is 5.41 Å². The fraction of sp³-hybridized carbons (Fsp3) is 0.933. The first-order valence-electron chi connectivity index (χ1n) is 7.89. The van der Waals surface area contributed by atoms with Crippen LogP contribution in [0.3, 0.4) is 0 Å². The van der Waals surface area contributed by atoms with Gasteiger partial charge in [-0.05, 0) is 26.7 Å². The summed E-state index contributed by atoms with van der Waals surface area (Å²) in [7, 11) is 0. The van der Waals surface area contributed by atoms with E-state index in [0.717, 1.165) is 39.1 Å². The predicted octanol–water partition coefficient (Wildman–Crippen LogP) is 0.813. The van der Waals surface area contributed by atoms with Crippen LogP contribution >= 0.6 is 24.8 Å². The molecule has 3 N–H and O–H groups in total. The molecular formula is C15H31Cl2N3O3. The molecule has 0 spiro atoms. The van der Waals surface area contributed by atoms with Crippen molar-refractivity contribution in [3.8, 4) is 0 Å². The molecule has 2 saturated heterocycles. The summed E-state index contributed by atoms with van der Waals surface area (Å²) >= 11 is 0. The number of hydrogen-bond donors (Lipinski definition) is 2. The van der Waals surface area contributed by atoms with E-state index >= 15 is 0 Å². The van der Waals surface area contributed by atoms with E-state index in [1.807, 2.05) is 0 Å². The van der Waals surface area contributed by atoms with Crippen LogP contribution in [0.15, 0.2) is 0 Å². The lowest BCUT2D eigenvalue weighted by molar-refractivity contribution is -0.136. The number of carbonyl (C=O) groups is 1. The Bertz CT molecular complexity index is 364. The van der Waals surface area contributed by atoms with Crippen molar-refractivity contribution >= 4 is 30.7 Å². The fourth-order valence-electron chi connectivity index (χ4n) is 3.08. The van der Waals surface area contributed by atoms with Gasteiger partial charge in [-0.1, -0.05) is 0 Å². The number of amides is 1. The van der Waals surface area contributed by atoms with Crippen molar-refractivity contribution in [2.24, 2.45) is 11.1 Å². The van der Waals surface area contributed by atoms with Gasteiger partial charge in [0, 0.05) is 44.9 Å². The lowest BCUT2D eigenvalue weighted by Gasteiger charge is -2.42. The molecule has 2 heterocycles. The van der Waals surface area contributed by atoms with E-state index in [2.05, 4.69) is 24.1 Å². The number of hydrogen-bond acceptors (Lipinski definition) is 5. The molecule has 0 unspecified atom stereocenters. The molecule has 23 heavy (non-hydrogen) atoms. The first kappa shape index (κ1) is 22.9. The van der Waals surface area contributed by atoms with E-state index in [0.29, 0.717) is 26.3 Å². The molecule has 138 valence electrons. The van der Waals surface area contributed by atoms with Crippen LogP contribution in [0.25, 0.3) is 0 Å².